The Morgan fingerprint density at radius 3 is 2.75 bits per heavy atom. The number of aromatic nitrogens is 1. The maximum absolute atomic E-state index is 5.78. The Bertz CT molecular complexity index is 531. The van der Waals surface area contributed by atoms with Gasteiger partial charge in [-0.15, -0.1) is 11.3 Å². The summed E-state index contributed by atoms with van der Waals surface area (Å²) in [5.41, 5.74) is 8.04. The molecule has 0 spiro atoms. The third kappa shape index (κ3) is 2.01. The van der Waals surface area contributed by atoms with Crippen LogP contribution in [0.4, 0.5) is 0 Å². The van der Waals surface area contributed by atoms with Gasteiger partial charge in [0.05, 0.1) is 10.2 Å². The molecule has 2 N–H and O–H groups in total. The number of hydrogen-bond donors (Lipinski definition) is 1. The van der Waals surface area contributed by atoms with Gasteiger partial charge in [-0.1, -0.05) is 13.8 Å². The SMILES string of the molecule is Cc1cc(Br)c2nc(C(C)(C)CN)sc2c1. The molecule has 0 saturated carbocycles. The summed E-state index contributed by atoms with van der Waals surface area (Å²) in [4.78, 5) is 4.69. The van der Waals surface area contributed by atoms with Gasteiger partial charge in [0.15, 0.2) is 0 Å². The molecule has 2 rings (SSSR count). The van der Waals surface area contributed by atoms with Crippen LogP contribution in [0.5, 0.6) is 0 Å². The van der Waals surface area contributed by atoms with E-state index in [0.717, 1.165) is 15.0 Å². The number of aryl methyl sites for hydroxylation is 1. The number of fused-ring (bicyclic) bond motifs is 1. The molecular weight excluding hydrogens is 284 g/mol. The van der Waals surface area contributed by atoms with Gasteiger partial charge in [-0.3, -0.25) is 0 Å². The molecule has 0 bridgehead atoms. The quantitative estimate of drug-likeness (QED) is 0.920. The highest BCUT2D eigenvalue weighted by Crippen LogP contribution is 2.34. The van der Waals surface area contributed by atoms with Gasteiger partial charge >= 0.3 is 0 Å². The Kier molecular flexibility index (Phi) is 3.07. The molecule has 86 valence electrons. The molecule has 0 fully saturated rings. The Morgan fingerprint density at radius 2 is 2.12 bits per heavy atom. The zero-order chi connectivity index (χ0) is 11.9. The number of nitrogens with two attached hydrogens (primary N) is 1. The van der Waals surface area contributed by atoms with Crippen molar-refractivity contribution < 1.29 is 0 Å². The van der Waals surface area contributed by atoms with E-state index in [4.69, 9.17) is 5.73 Å². The third-order valence-corrected chi connectivity index (χ3v) is 4.65. The fourth-order valence-corrected chi connectivity index (χ4v) is 3.49. The monoisotopic (exact) mass is 298 g/mol. The lowest BCUT2D eigenvalue weighted by Gasteiger charge is -2.18. The summed E-state index contributed by atoms with van der Waals surface area (Å²) < 4.78 is 2.29. The second-order valence-electron chi connectivity index (χ2n) is 4.70. The van der Waals surface area contributed by atoms with Crippen molar-refractivity contribution in [3.05, 3.63) is 27.2 Å². The van der Waals surface area contributed by atoms with E-state index in [2.05, 4.69) is 53.8 Å². The zero-order valence-corrected chi connectivity index (χ0v) is 12.1. The van der Waals surface area contributed by atoms with Crippen LogP contribution in [0, 0.1) is 6.92 Å². The molecule has 1 aromatic heterocycles. The summed E-state index contributed by atoms with van der Waals surface area (Å²) in [6, 6.07) is 4.27. The first kappa shape index (κ1) is 12.0. The van der Waals surface area contributed by atoms with E-state index in [1.165, 1.54) is 10.3 Å². The van der Waals surface area contributed by atoms with Gasteiger partial charge in [0.1, 0.15) is 5.01 Å². The van der Waals surface area contributed by atoms with Crippen LogP contribution >= 0.6 is 27.3 Å². The lowest BCUT2D eigenvalue weighted by Crippen LogP contribution is -2.27. The third-order valence-electron chi connectivity index (χ3n) is 2.68. The first-order valence-electron chi connectivity index (χ1n) is 5.21. The van der Waals surface area contributed by atoms with E-state index >= 15 is 0 Å². The number of thiazole rings is 1. The molecule has 0 amide bonds. The lowest BCUT2D eigenvalue weighted by atomic mass is 9.95. The number of hydrogen-bond acceptors (Lipinski definition) is 3. The summed E-state index contributed by atoms with van der Waals surface area (Å²) in [6.07, 6.45) is 0. The minimum absolute atomic E-state index is 0.0446. The van der Waals surface area contributed by atoms with Gasteiger partial charge in [-0.2, -0.15) is 0 Å². The molecular formula is C12H15BrN2S. The fraction of sp³-hybridized carbons (Fsp3) is 0.417. The van der Waals surface area contributed by atoms with Crippen LogP contribution in [0.1, 0.15) is 24.4 Å². The second kappa shape index (κ2) is 4.09. The van der Waals surface area contributed by atoms with Crippen molar-refractivity contribution in [2.24, 2.45) is 5.73 Å². The Morgan fingerprint density at radius 1 is 1.44 bits per heavy atom. The molecule has 16 heavy (non-hydrogen) atoms. The summed E-state index contributed by atoms with van der Waals surface area (Å²) in [7, 11) is 0. The summed E-state index contributed by atoms with van der Waals surface area (Å²) in [5, 5.41) is 1.11. The van der Waals surface area contributed by atoms with Crippen molar-refractivity contribution in [2.45, 2.75) is 26.2 Å². The summed E-state index contributed by atoms with van der Waals surface area (Å²) in [5.74, 6) is 0. The highest BCUT2D eigenvalue weighted by Gasteiger charge is 2.23. The average Bonchev–Trinajstić information content (AvgIpc) is 2.62. The fourth-order valence-electron chi connectivity index (χ4n) is 1.49. The lowest BCUT2D eigenvalue weighted by molar-refractivity contribution is 0.536. The minimum atomic E-state index is -0.0446. The molecule has 1 aromatic carbocycles. The van der Waals surface area contributed by atoms with Crippen molar-refractivity contribution in [2.75, 3.05) is 6.54 Å². The first-order chi connectivity index (χ1) is 7.44. The highest BCUT2D eigenvalue weighted by molar-refractivity contribution is 9.10. The number of halogens is 1. The van der Waals surface area contributed by atoms with Crippen molar-refractivity contribution in [1.29, 1.82) is 0 Å². The van der Waals surface area contributed by atoms with Gasteiger partial charge in [0.2, 0.25) is 0 Å². The molecule has 2 nitrogen and oxygen atoms in total. The van der Waals surface area contributed by atoms with E-state index in [0.29, 0.717) is 6.54 Å². The topological polar surface area (TPSA) is 38.9 Å². The second-order valence-corrected chi connectivity index (χ2v) is 6.59. The van der Waals surface area contributed by atoms with Gasteiger partial charge in [-0.05, 0) is 40.5 Å². The molecule has 0 aliphatic rings. The molecule has 2 aromatic rings. The number of nitrogens with zero attached hydrogens (tertiary/aromatic N) is 1. The van der Waals surface area contributed by atoms with Crippen molar-refractivity contribution in [1.82, 2.24) is 4.98 Å². The minimum Gasteiger partial charge on any atom is -0.330 e. The van der Waals surface area contributed by atoms with Gasteiger partial charge in [0, 0.05) is 16.4 Å². The molecule has 0 saturated heterocycles. The van der Waals surface area contributed by atoms with Crippen molar-refractivity contribution in [3.8, 4) is 0 Å². The molecule has 0 aliphatic carbocycles. The van der Waals surface area contributed by atoms with Crippen LogP contribution in [0.3, 0.4) is 0 Å². The van der Waals surface area contributed by atoms with E-state index in [1.807, 2.05) is 0 Å². The Labute approximate surface area is 108 Å². The van der Waals surface area contributed by atoms with Gasteiger partial charge in [0.25, 0.3) is 0 Å². The van der Waals surface area contributed by atoms with Crippen LogP contribution in [0.15, 0.2) is 16.6 Å². The van der Waals surface area contributed by atoms with E-state index in [-0.39, 0.29) is 5.41 Å². The van der Waals surface area contributed by atoms with Crippen LogP contribution in [0.2, 0.25) is 0 Å². The Balaban J connectivity index is 2.65. The summed E-state index contributed by atoms with van der Waals surface area (Å²) >= 11 is 5.30. The molecule has 0 aliphatic heterocycles. The molecule has 4 heteroatoms. The van der Waals surface area contributed by atoms with E-state index in [9.17, 15) is 0 Å². The first-order valence-corrected chi connectivity index (χ1v) is 6.82. The molecule has 0 atom stereocenters. The van der Waals surface area contributed by atoms with Crippen LogP contribution in [0.25, 0.3) is 10.2 Å². The van der Waals surface area contributed by atoms with E-state index < -0.39 is 0 Å². The van der Waals surface area contributed by atoms with Crippen LogP contribution < -0.4 is 5.73 Å². The molecule has 0 unspecified atom stereocenters. The van der Waals surface area contributed by atoms with Gasteiger partial charge in [-0.25, -0.2) is 4.98 Å². The maximum atomic E-state index is 5.78. The predicted octanol–water partition coefficient (Wildman–Crippen LogP) is 3.60. The standard InChI is InChI=1S/C12H15BrN2S/c1-7-4-8(13)10-9(5-7)16-11(15-10)12(2,3)6-14/h4-5H,6,14H2,1-3H3. The van der Waals surface area contributed by atoms with Crippen molar-refractivity contribution >= 4 is 37.5 Å². The normalized spacial score (nSPS) is 12.3. The predicted molar refractivity (Wildman–Crippen MR) is 74.1 cm³/mol. The van der Waals surface area contributed by atoms with Crippen LogP contribution in [-0.2, 0) is 5.41 Å². The van der Waals surface area contributed by atoms with E-state index in [1.54, 1.807) is 11.3 Å². The molecule has 1 heterocycles. The largest absolute Gasteiger partial charge is 0.330 e. The highest BCUT2D eigenvalue weighted by atomic mass is 79.9. The smallest absolute Gasteiger partial charge is 0.101 e. The average molecular weight is 299 g/mol. The number of rotatable bonds is 2. The summed E-state index contributed by atoms with van der Waals surface area (Å²) in [6.45, 7) is 6.97. The van der Waals surface area contributed by atoms with Crippen LogP contribution in [-0.4, -0.2) is 11.5 Å². The Hall–Kier alpha value is -0.450. The van der Waals surface area contributed by atoms with Gasteiger partial charge < -0.3 is 5.73 Å². The molecule has 0 radical (unpaired) electrons. The maximum Gasteiger partial charge on any atom is 0.101 e. The number of benzene rings is 1. The van der Waals surface area contributed by atoms with Crippen molar-refractivity contribution in [3.63, 3.8) is 0 Å². The zero-order valence-electron chi connectivity index (χ0n) is 9.67.